The minimum atomic E-state index is -0.0708. The minimum Gasteiger partial charge on any atom is -0.496 e. The second-order valence-electron chi connectivity index (χ2n) is 5.52. The molecule has 2 aromatic rings. The SMILES string of the molecule is COc1ccc(Cl)cc1CC(=O)NC1COc2ccccc2C1. The maximum atomic E-state index is 12.3. The lowest BCUT2D eigenvalue weighted by Gasteiger charge is -2.26. The number of amides is 1. The first-order valence-electron chi connectivity index (χ1n) is 7.48. The van der Waals surface area contributed by atoms with E-state index >= 15 is 0 Å². The van der Waals surface area contributed by atoms with Crippen molar-refractivity contribution in [3.8, 4) is 11.5 Å². The van der Waals surface area contributed by atoms with Crippen molar-refractivity contribution in [1.82, 2.24) is 5.32 Å². The molecule has 1 aliphatic rings. The van der Waals surface area contributed by atoms with E-state index < -0.39 is 0 Å². The Bertz CT molecular complexity index is 717. The summed E-state index contributed by atoms with van der Waals surface area (Å²) in [5.41, 5.74) is 1.89. The van der Waals surface area contributed by atoms with E-state index in [1.165, 1.54) is 0 Å². The second kappa shape index (κ2) is 6.92. The molecule has 1 amide bonds. The summed E-state index contributed by atoms with van der Waals surface area (Å²) in [5, 5.41) is 3.60. The van der Waals surface area contributed by atoms with Gasteiger partial charge in [0.1, 0.15) is 18.1 Å². The maximum absolute atomic E-state index is 12.3. The summed E-state index contributed by atoms with van der Waals surface area (Å²) in [6, 6.07) is 13.1. The van der Waals surface area contributed by atoms with Crippen LogP contribution in [0.4, 0.5) is 0 Å². The van der Waals surface area contributed by atoms with Crippen molar-refractivity contribution in [2.24, 2.45) is 0 Å². The van der Waals surface area contributed by atoms with E-state index in [-0.39, 0.29) is 18.4 Å². The van der Waals surface area contributed by atoms with Gasteiger partial charge in [0, 0.05) is 10.6 Å². The Hall–Kier alpha value is -2.20. The van der Waals surface area contributed by atoms with Crippen LogP contribution in [-0.2, 0) is 17.6 Å². The molecule has 0 aliphatic carbocycles. The van der Waals surface area contributed by atoms with E-state index in [0.717, 1.165) is 23.3 Å². The lowest BCUT2D eigenvalue weighted by molar-refractivity contribution is -0.121. The minimum absolute atomic E-state index is 0.0254. The summed E-state index contributed by atoms with van der Waals surface area (Å²) in [5.74, 6) is 1.49. The average Bonchev–Trinajstić information content (AvgIpc) is 2.55. The van der Waals surface area contributed by atoms with Gasteiger partial charge in [-0.05, 0) is 36.2 Å². The third-order valence-corrected chi connectivity index (χ3v) is 4.07. The van der Waals surface area contributed by atoms with Gasteiger partial charge in [0.05, 0.1) is 19.6 Å². The van der Waals surface area contributed by atoms with E-state index in [1.54, 1.807) is 25.3 Å². The van der Waals surface area contributed by atoms with Crippen molar-refractivity contribution >= 4 is 17.5 Å². The number of carbonyl (C=O) groups excluding carboxylic acids is 1. The molecule has 0 aromatic heterocycles. The highest BCUT2D eigenvalue weighted by Crippen LogP contribution is 2.25. The topological polar surface area (TPSA) is 47.6 Å². The van der Waals surface area contributed by atoms with Crippen LogP contribution in [0.2, 0.25) is 5.02 Å². The van der Waals surface area contributed by atoms with E-state index in [2.05, 4.69) is 5.32 Å². The van der Waals surface area contributed by atoms with E-state index in [1.807, 2.05) is 24.3 Å². The number of hydrogen-bond acceptors (Lipinski definition) is 3. The molecule has 1 atom stereocenters. The van der Waals surface area contributed by atoms with Crippen LogP contribution in [0.3, 0.4) is 0 Å². The molecule has 1 unspecified atom stereocenters. The zero-order valence-corrected chi connectivity index (χ0v) is 13.6. The van der Waals surface area contributed by atoms with Crippen molar-refractivity contribution in [2.75, 3.05) is 13.7 Å². The Balaban J connectivity index is 1.63. The summed E-state index contributed by atoms with van der Waals surface area (Å²) >= 11 is 6.00. The van der Waals surface area contributed by atoms with Crippen molar-refractivity contribution < 1.29 is 14.3 Å². The molecular formula is C18H18ClNO3. The van der Waals surface area contributed by atoms with Crippen molar-refractivity contribution in [3.63, 3.8) is 0 Å². The Labute approximate surface area is 140 Å². The Morgan fingerprint density at radius 1 is 1.35 bits per heavy atom. The third-order valence-electron chi connectivity index (χ3n) is 3.84. The average molecular weight is 332 g/mol. The Morgan fingerprint density at radius 2 is 2.17 bits per heavy atom. The Kier molecular flexibility index (Phi) is 4.72. The molecule has 0 bridgehead atoms. The Morgan fingerprint density at radius 3 is 3.00 bits per heavy atom. The molecular weight excluding hydrogens is 314 g/mol. The molecule has 23 heavy (non-hydrogen) atoms. The van der Waals surface area contributed by atoms with Crippen LogP contribution >= 0.6 is 11.6 Å². The predicted molar refractivity (Wildman–Crippen MR) is 89.3 cm³/mol. The molecule has 0 saturated heterocycles. The number of carbonyl (C=O) groups is 1. The number of ether oxygens (including phenoxy) is 2. The number of rotatable bonds is 4. The van der Waals surface area contributed by atoms with Crippen LogP contribution in [0, 0.1) is 0 Å². The van der Waals surface area contributed by atoms with Crippen LogP contribution < -0.4 is 14.8 Å². The van der Waals surface area contributed by atoms with Crippen LogP contribution in [0.1, 0.15) is 11.1 Å². The number of fused-ring (bicyclic) bond motifs is 1. The first kappa shape index (κ1) is 15.7. The highest BCUT2D eigenvalue weighted by atomic mass is 35.5. The van der Waals surface area contributed by atoms with Gasteiger partial charge < -0.3 is 14.8 Å². The lowest BCUT2D eigenvalue weighted by atomic mass is 10.0. The third kappa shape index (κ3) is 3.77. The number of methoxy groups -OCH3 is 1. The first-order chi connectivity index (χ1) is 11.2. The van der Waals surface area contributed by atoms with Gasteiger partial charge in [-0.25, -0.2) is 0 Å². The molecule has 0 radical (unpaired) electrons. The fraction of sp³-hybridized carbons (Fsp3) is 0.278. The summed E-state index contributed by atoms with van der Waals surface area (Å²) in [6.45, 7) is 0.482. The molecule has 3 rings (SSSR count). The number of benzene rings is 2. The number of nitrogens with one attached hydrogen (secondary N) is 1. The quantitative estimate of drug-likeness (QED) is 0.937. The van der Waals surface area contributed by atoms with Crippen molar-refractivity contribution in [1.29, 1.82) is 0 Å². The van der Waals surface area contributed by atoms with E-state index in [9.17, 15) is 4.79 Å². The monoisotopic (exact) mass is 331 g/mol. The van der Waals surface area contributed by atoms with Gasteiger partial charge in [-0.15, -0.1) is 0 Å². The fourth-order valence-corrected chi connectivity index (χ4v) is 2.95. The lowest BCUT2D eigenvalue weighted by Crippen LogP contribution is -2.43. The van der Waals surface area contributed by atoms with E-state index in [4.69, 9.17) is 21.1 Å². The second-order valence-corrected chi connectivity index (χ2v) is 5.96. The summed E-state index contributed by atoms with van der Waals surface area (Å²) < 4.78 is 11.0. The van der Waals surface area contributed by atoms with Gasteiger partial charge in [0.15, 0.2) is 0 Å². The van der Waals surface area contributed by atoms with Gasteiger partial charge >= 0.3 is 0 Å². The molecule has 4 nitrogen and oxygen atoms in total. The predicted octanol–water partition coefficient (Wildman–Crippen LogP) is 3.01. The van der Waals surface area contributed by atoms with Gasteiger partial charge in [-0.2, -0.15) is 0 Å². The zero-order chi connectivity index (χ0) is 16.2. The van der Waals surface area contributed by atoms with Crippen molar-refractivity contribution in [2.45, 2.75) is 18.9 Å². The van der Waals surface area contributed by atoms with Gasteiger partial charge in [-0.1, -0.05) is 29.8 Å². The van der Waals surface area contributed by atoms with Gasteiger partial charge in [0.25, 0.3) is 0 Å². The molecule has 5 heteroatoms. The zero-order valence-electron chi connectivity index (χ0n) is 12.8. The normalized spacial score (nSPS) is 16.2. The standard InChI is InChI=1S/C18H18ClNO3/c1-22-16-7-6-14(19)8-13(16)10-18(21)20-15-9-12-4-2-3-5-17(12)23-11-15/h2-8,15H,9-11H2,1H3,(H,20,21). The van der Waals surface area contributed by atoms with Gasteiger partial charge in [-0.3, -0.25) is 4.79 Å². The molecule has 120 valence electrons. The van der Waals surface area contributed by atoms with Gasteiger partial charge in [0.2, 0.25) is 5.91 Å². The highest BCUT2D eigenvalue weighted by molar-refractivity contribution is 6.30. The van der Waals surface area contributed by atoms with Crippen LogP contribution in [0.15, 0.2) is 42.5 Å². The molecule has 2 aromatic carbocycles. The van der Waals surface area contributed by atoms with Crippen LogP contribution in [0.5, 0.6) is 11.5 Å². The molecule has 0 fully saturated rings. The summed E-state index contributed by atoms with van der Waals surface area (Å²) in [6.07, 6.45) is 0.997. The smallest absolute Gasteiger partial charge is 0.224 e. The number of hydrogen-bond donors (Lipinski definition) is 1. The van der Waals surface area contributed by atoms with Crippen LogP contribution in [-0.4, -0.2) is 25.7 Å². The first-order valence-corrected chi connectivity index (χ1v) is 7.86. The van der Waals surface area contributed by atoms with Crippen LogP contribution in [0.25, 0.3) is 0 Å². The van der Waals surface area contributed by atoms with E-state index in [0.29, 0.717) is 17.4 Å². The van der Waals surface area contributed by atoms with Crippen molar-refractivity contribution in [3.05, 3.63) is 58.6 Å². The number of para-hydroxylation sites is 1. The summed E-state index contributed by atoms with van der Waals surface area (Å²) in [7, 11) is 1.58. The molecule has 1 N–H and O–H groups in total. The summed E-state index contributed by atoms with van der Waals surface area (Å²) in [4.78, 5) is 12.3. The molecule has 0 spiro atoms. The fourth-order valence-electron chi connectivity index (χ4n) is 2.76. The highest BCUT2D eigenvalue weighted by Gasteiger charge is 2.21. The number of halogens is 1. The largest absolute Gasteiger partial charge is 0.496 e. The molecule has 0 saturated carbocycles. The maximum Gasteiger partial charge on any atom is 0.224 e. The molecule has 1 heterocycles. The molecule has 1 aliphatic heterocycles.